The monoisotopic (exact) mass is 710 g/mol. The highest BCUT2D eigenvalue weighted by Gasteiger charge is 2.70. The average molecular weight is 710 g/mol. The van der Waals surface area contributed by atoms with E-state index in [2.05, 4.69) is 71.0 Å². The van der Waals surface area contributed by atoms with Crippen LogP contribution >= 0.6 is 0 Å². The molecule has 4 unspecified atom stereocenters. The first-order chi connectivity index (χ1) is 23.6. The Morgan fingerprint density at radius 2 is 1.57 bits per heavy atom. The van der Waals surface area contributed by atoms with E-state index in [1.165, 1.54) is 5.57 Å². The fourth-order valence-corrected chi connectivity index (χ4v) is 13.2. The van der Waals surface area contributed by atoms with Crippen molar-refractivity contribution in [1.29, 1.82) is 0 Å². The normalized spacial score (nSPS) is 39.8. The van der Waals surface area contributed by atoms with Gasteiger partial charge in [-0.3, -0.25) is 14.4 Å². The average Bonchev–Trinajstić information content (AvgIpc) is 3.31. The Kier molecular flexibility index (Phi) is 9.66. The number of likely N-dealkylation sites (tertiary alicyclic amines) is 1. The summed E-state index contributed by atoms with van der Waals surface area (Å²) in [6, 6.07) is 0.0351. The zero-order valence-corrected chi connectivity index (χ0v) is 33.3. The molecule has 1 aliphatic heterocycles. The van der Waals surface area contributed by atoms with Gasteiger partial charge in [0.15, 0.2) is 5.78 Å². The highest BCUT2D eigenvalue weighted by molar-refractivity contribution is 6.02. The molecule has 0 aromatic heterocycles. The minimum Gasteiger partial charge on any atom is -0.481 e. The number of nitrogens with one attached hydrogen (secondary N) is 2. The number of esters is 1. The fraction of sp³-hybridized carbons (Fsp3) is 0.857. The number of fused-ring (bicyclic) bond motifs is 7. The minimum absolute atomic E-state index is 0.0184. The number of nitrogens with zero attached hydrogens (tertiary/aromatic N) is 1. The molecule has 4 saturated carbocycles. The van der Waals surface area contributed by atoms with Gasteiger partial charge in [0.25, 0.3) is 0 Å². The van der Waals surface area contributed by atoms with E-state index < -0.39 is 22.9 Å². The van der Waals surface area contributed by atoms with Gasteiger partial charge in [-0.1, -0.05) is 48.5 Å². The molecule has 0 radical (unpaired) electrons. The number of aliphatic carboxylic acids is 1. The standard InChI is InChI=1S/C42H67N3O6/c1-25(2)33-28(46)23-42(44-36(50)43-26-15-21-45(10)22-16-26)20-19-40(8)27(34(33)42)11-12-30-39(7)17-14-31(51-32(47)24-37(3,4)35(48)49)38(5,6)29(39)13-18-41(30,40)9/h25-27,29-31H,11-24H2,1-10H3,(H,48,49)(H2,43,44,50)/t27?,29?,30?,31-,39-,40+,41?,42+/m0/s1. The number of carbonyl (C=O) groups excluding carboxylic acids is 3. The third-order valence-corrected chi connectivity index (χ3v) is 16.2. The van der Waals surface area contributed by atoms with Crippen LogP contribution in [0.3, 0.4) is 0 Å². The number of carboxylic acid groups (broad SMARTS) is 1. The second-order valence-corrected chi connectivity index (χ2v) is 20.2. The maximum Gasteiger partial charge on any atom is 0.315 e. The summed E-state index contributed by atoms with van der Waals surface area (Å²) in [4.78, 5) is 54.8. The highest BCUT2D eigenvalue weighted by atomic mass is 16.5. The number of piperidine rings is 1. The smallest absolute Gasteiger partial charge is 0.315 e. The molecule has 3 N–H and O–H groups in total. The van der Waals surface area contributed by atoms with Crippen LogP contribution in [-0.2, 0) is 19.1 Å². The van der Waals surface area contributed by atoms with Crippen LogP contribution in [0.25, 0.3) is 0 Å². The van der Waals surface area contributed by atoms with Crippen LogP contribution in [0.1, 0.15) is 139 Å². The third-order valence-electron chi connectivity index (χ3n) is 16.2. The summed E-state index contributed by atoms with van der Waals surface area (Å²) in [5, 5.41) is 16.4. The number of amides is 2. The molecule has 6 rings (SSSR count). The van der Waals surface area contributed by atoms with Gasteiger partial charge in [0.05, 0.1) is 17.4 Å². The lowest BCUT2D eigenvalue weighted by molar-refractivity contribution is -0.232. The maximum absolute atomic E-state index is 14.0. The van der Waals surface area contributed by atoms with Crippen molar-refractivity contribution in [3.8, 4) is 0 Å². The molecule has 5 fully saturated rings. The van der Waals surface area contributed by atoms with Crippen molar-refractivity contribution in [2.24, 2.45) is 50.7 Å². The van der Waals surface area contributed by atoms with E-state index in [0.717, 1.165) is 82.9 Å². The third kappa shape index (κ3) is 6.07. The van der Waals surface area contributed by atoms with E-state index in [0.29, 0.717) is 18.3 Å². The lowest BCUT2D eigenvalue weighted by atomic mass is 9.33. The van der Waals surface area contributed by atoms with Gasteiger partial charge in [0.2, 0.25) is 0 Å². The van der Waals surface area contributed by atoms with Crippen LogP contribution in [0.5, 0.6) is 0 Å². The van der Waals surface area contributed by atoms with E-state index in [-0.39, 0.29) is 63.9 Å². The van der Waals surface area contributed by atoms with Crippen LogP contribution in [0.2, 0.25) is 0 Å². The molecular weight excluding hydrogens is 642 g/mol. The number of ether oxygens (including phenoxy) is 1. The van der Waals surface area contributed by atoms with Crippen LogP contribution in [0, 0.1) is 50.7 Å². The Balaban J connectivity index is 1.26. The van der Waals surface area contributed by atoms with Crippen molar-refractivity contribution in [2.75, 3.05) is 20.1 Å². The molecule has 0 aromatic rings. The summed E-state index contributed by atoms with van der Waals surface area (Å²) < 4.78 is 6.16. The molecular formula is C42H67N3O6. The van der Waals surface area contributed by atoms with Gasteiger partial charge < -0.3 is 25.4 Å². The van der Waals surface area contributed by atoms with Crippen molar-refractivity contribution in [2.45, 2.75) is 157 Å². The SMILES string of the molecule is CC(C)C1=C2C3CCC4C(C)(CCC5C(C)(C)[C@@H](OC(=O)CC(C)(C)C(=O)O)CC[C@@]54C)[C@]3(C)CC[C@@]2(NC(=O)NC2CCN(C)CC2)CC1=O. The summed E-state index contributed by atoms with van der Waals surface area (Å²) in [7, 11) is 2.13. The Morgan fingerprint density at radius 1 is 0.902 bits per heavy atom. The number of carboxylic acids is 1. The number of carbonyl (C=O) groups is 4. The van der Waals surface area contributed by atoms with Crippen molar-refractivity contribution in [1.82, 2.24) is 15.5 Å². The lowest BCUT2D eigenvalue weighted by Gasteiger charge is -2.72. The van der Waals surface area contributed by atoms with Gasteiger partial charge in [-0.25, -0.2) is 4.79 Å². The quantitative estimate of drug-likeness (QED) is 0.234. The van der Waals surface area contributed by atoms with E-state index >= 15 is 0 Å². The van der Waals surface area contributed by atoms with Gasteiger partial charge in [-0.2, -0.15) is 0 Å². The van der Waals surface area contributed by atoms with Crippen LogP contribution in [0.15, 0.2) is 11.1 Å². The molecule has 51 heavy (non-hydrogen) atoms. The van der Waals surface area contributed by atoms with Gasteiger partial charge in [0.1, 0.15) is 6.10 Å². The van der Waals surface area contributed by atoms with Gasteiger partial charge in [-0.05, 0) is 149 Å². The number of rotatable bonds is 7. The van der Waals surface area contributed by atoms with Crippen molar-refractivity contribution in [3.05, 3.63) is 11.1 Å². The topological polar surface area (TPSA) is 125 Å². The second-order valence-electron chi connectivity index (χ2n) is 20.2. The van der Waals surface area contributed by atoms with E-state index in [1.54, 1.807) is 13.8 Å². The van der Waals surface area contributed by atoms with Crippen molar-refractivity contribution >= 4 is 23.8 Å². The summed E-state index contributed by atoms with van der Waals surface area (Å²) in [5.41, 5.74) is 0.306. The molecule has 9 nitrogen and oxygen atoms in total. The molecule has 286 valence electrons. The Labute approximate surface area is 306 Å². The summed E-state index contributed by atoms with van der Waals surface area (Å²) in [5.74, 6) is 0.00633. The molecule has 9 heteroatoms. The number of Topliss-reactive ketones (excluding diaryl/α,β-unsaturated/α-hetero) is 1. The molecule has 2 amide bonds. The molecule has 8 atom stereocenters. The van der Waals surface area contributed by atoms with Gasteiger partial charge in [-0.15, -0.1) is 0 Å². The second kappa shape index (κ2) is 12.9. The van der Waals surface area contributed by atoms with Crippen LogP contribution < -0.4 is 10.6 Å². The zero-order chi connectivity index (χ0) is 37.5. The number of ketones is 1. The highest BCUT2D eigenvalue weighted by Crippen LogP contribution is 2.76. The Morgan fingerprint density at radius 3 is 2.20 bits per heavy atom. The molecule has 1 heterocycles. The van der Waals surface area contributed by atoms with Gasteiger partial charge >= 0.3 is 18.0 Å². The molecule has 0 aromatic carbocycles. The van der Waals surface area contributed by atoms with Crippen LogP contribution in [0.4, 0.5) is 4.79 Å². The summed E-state index contributed by atoms with van der Waals surface area (Å²) in [6.07, 6.45) is 9.63. The molecule has 1 saturated heterocycles. The van der Waals surface area contributed by atoms with E-state index in [1.807, 2.05) is 0 Å². The van der Waals surface area contributed by atoms with E-state index in [9.17, 15) is 24.3 Å². The number of hydrogen-bond donors (Lipinski definition) is 3. The first-order valence-electron chi connectivity index (χ1n) is 20.1. The van der Waals surface area contributed by atoms with E-state index in [4.69, 9.17) is 4.74 Å². The predicted octanol–water partition coefficient (Wildman–Crippen LogP) is 7.53. The number of allylic oxidation sites excluding steroid dienone is 1. The zero-order valence-electron chi connectivity index (χ0n) is 33.3. The predicted molar refractivity (Wildman–Crippen MR) is 198 cm³/mol. The van der Waals surface area contributed by atoms with Crippen LogP contribution in [-0.4, -0.2) is 71.6 Å². The number of urea groups is 1. The maximum atomic E-state index is 14.0. The first kappa shape index (κ1) is 38.3. The number of hydrogen-bond acceptors (Lipinski definition) is 6. The Bertz CT molecular complexity index is 1480. The fourth-order valence-electron chi connectivity index (χ4n) is 13.2. The molecule has 0 spiro atoms. The summed E-state index contributed by atoms with van der Waals surface area (Å²) >= 11 is 0. The van der Waals surface area contributed by atoms with Crippen molar-refractivity contribution in [3.63, 3.8) is 0 Å². The molecule has 0 bridgehead atoms. The van der Waals surface area contributed by atoms with Gasteiger partial charge in [0, 0.05) is 17.9 Å². The van der Waals surface area contributed by atoms with Crippen molar-refractivity contribution < 1.29 is 29.0 Å². The first-order valence-corrected chi connectivity index (χ1v) is 20.1. The molecule has 5 aliphatic carbocycles. The largest absolute Gasteiger partial charge is 0.481 e. The summed E-state index contributed by atoms with van der Waals surface area (Å²) in [6.45, 7) is 21.5. The lowest BCUT2D eigenvalue weighted by Crippen LogP contribution is -2.67. The minimum atomic E-state index is -1.16. The molecule has 6 aliphatic rings. The Hall–Kier alpha value is -2.42.